The second-order valence-corrected chi connectivity index (χ2v) is 11.3. The Labute approximate surface area is 247 Å². The molecule has 2 atom stereocenters. The summed E-state index contributed by atoms with van der Waals surface area (Å²) in [6.45, 7) is 9.25. The van der Waals surface area contributed by atoms with E-state index in [0.29, 0.717) is 16.8 Å². The fourth-order valence-corrected chi connectivity index (χ4v) is 4.35. The Morgan fingerprint density at radius 3 is 2.49 bits per heavy atom. The number of fused-ring (bicyclic) bond motifs is 1. The SMILES string of the molecule is CCOC(=O)CC(C)N1CC(=O)N(Cc2ccccc2)c2ccc(C#CC(S)CNC(=O)OC(C)(C)C)cc2C1=O. The van der Waals surface area contributed by atoms with Gasteiger partial charge in [0.25, 0.3) is 5.91 Å². The molecule has 0 saturated carbocycles. The second-order valence-electron chi connectivity index (χ2n) is 10.7. The summed E-state index contributed by atoms with van der Waals surface area (Å²) in [4.78, 5) is 54.4. The summed E-state index contributed by atoms with van der Waals surface area (Å²) >= 11 is 4.44. The van der Waals surface area contributed by atoms with Gasteiger partial charge in [0.15, 0.2) is 0 Å². The highest BCUT2D eigenvalue weighted by molar-refractivity contribution is 7.81. The van der Waals surface area contributed by atoms with Crippen molar-refractivity contribution in [3.8, 4) is 11.8 Å². The van der Waals surface area contributed by atoms with Crippen LogP contribution >= 0.6 is 12.6 Å². The smallest absolute Gasteiger partial charge is 0.407 e. The highest BCUT2D eigenvalue weighted by atomic mass is 32.1. The van der Waals surface area contributed by atoms with Crippen molar-refractivity contribution >= 4 is 42.2 Å². The molecule has 218 valence electrons. The maximum atomic E-state index is 13.8. The molecule has 0 spiro atoms. The molecule has 2 aromatic carbocycles. The van der Waals surface area contributed by atoms with Crippen LogP contribution in [0.1, 0.15) is 62.5 Å². The number of benzene rings is 2. The van der Waals surface area contributed by atoms with Gasteiger partial charge in [0.05, 0.1) is 36.1 Å². The van der Waals surface area contributed by atoms with E-state index in [-0.39, 0.29) is 44.5 Å². The van der Waals surface area contributed by atoms with Crippen LogP contribution in [-0.4, -0.2) is 65.4 Å². The quantitative estimate of drug-likeness (QED) is 0.276. The molecule has 1 aliphatic rings. The van der Waals surface area contributed by atoms with Crippen LogP contribution in [0.3, 0.4) is 0 Å². The number of amides is 3. The van der Waals surface area contributed by atoms with Crippen molar-refractivity contribution in [2.24, 2.45) is 0 Å². The van der Waals surface area contributed by atoms with Crippen molar-refractivity contribution in [2.45, 2.75) is 64.5 Å². The number of carbonyl (C=O) groups is 4. The van der Waals surface area contributed by atoms with Crippen LogP contribution < -0.4 is 10.2 Å². The summed E-state index contributed by atoms with van der Waals surface area (Å²) in [6, 6.07) is 14.0. The van der Waals surface area contributed by atoms with E-state index in [4.69, 9.17) is 9.47 Å². The topological polar surface area (TPSA) is 105 Å². The van der Waals surface area contributed by atoms with Crippen LogP contribution in [0.25, 0.3) is 0 Å². The van der Waals surface area contributed by atoms with E-state index >= 15 is 0 Å². The zero-order valence-corrected chi connectivity index (χ0v) is 25.0. The van der Waals surface area contributed by atoms with Crippen LogP contribution in [0, 0.1) is 11.8 Å². The lowest BCUT2D eigenvalue weighted by atomic mass is 10.0. The van der Waals surface area contributed by atoms with Gasteiger partial charge in [0.2, 0.25) is 5.91 Å². The van der Waals surface area contributed by atoms with Crippen molar-refractivity contribution in [1.82, 2.24) is 10.2 Å². The highest BCUT2D eigenvalue weighted by Crippen LogP contribution is 2.30. The van der Waals surface area contributed by atoms with Gasteiger partial charge in [-0.2, -0.15) is 12.6 Å². The summed E-state index contributed by atoms with van der Waals surface area (Å²) in [5.74, 6) is 4.89. The van der Waals surface area contributed by atoms with Crippen molar-refractivity contribution < 1.29 is 28.7 Å². The summed E-state index contributed by atoms with van der Waals surface area (Å²) in [5.41, 5.74) is 1.60. The Kier molecular flexibility index (Phi) is 10.8. The molecule has 0 saturated heterocycles. The normalized spacial score (nSPS) is 14.7. The van der Waals surface area contributed by atoms with Crippen molar-refractivity contribution in [1.29, 1.82) is 0 Å². The number of ether oxygens (including phenoxy) is 2. The predicted molar refractivity (Wildman–Crippen MR) is 160 cm³/mol. The first-order valence-corrected chi connectivity index (χ1v) is 14.0. The number of thiol groups is 1. The van der Waals surface area contributed by atoms with Crippen molar-refractivity contribution in [3.63, 3.8) is 0 Å². The largest absolute Gasteiger partial charge is 0.466 e. The van der Waals surface area contributed by atoms with Crippen LogP contribution in [0.5, 0.6) is 0 Å². The Morgan fingerprint density at radius 2 is 1.83 bits per heavy atom. The summed E-state index contributed by atoms with van der Waals surface area (Å²) < 4.78 is 10.3. The van der Waals surface area contributed by atoms with E-state index in [1.807, 2.05) is 30.3 Å². The van der Waals surface area contributed by atoms with E-state index in [1.165, 1.54) is 4.90 Å². The molecule has 1 N–H and O–H groups in total. The Bertz CT molecular complexity index is 1330. The fraction of sp³-hybridized carbons (Fsp3) is 0.419. The Morgan fingerprint density at radius 1 is 1.12 bits per heavy atom. The molecule has 0 aliphatic carbocycles. The molecule has 3 amide bonds. The number of anilines is 1. The summed E-state index contributed by atoms with van der Waals surface area (Å²) in [6.07, 6.45) is -0.596. The van der Waals surface area contributed by atoms with Gasteiger partial charge >= 0.3 is 12.1 Å². The van der Waals surface area contributed by atoms with Gasteiger partial charge in [-0.15, -0.1) is 0 Å². The molecular formula is C31H37N3O6S. The monoisotopic (exact) mass is 579 g/mol. The predicted octanol–water partition coefficient (Wildman–Crippen LogP) is 4.19. The first-order valence-electron chi connectivity index (χ1n) is 13.5. The molecule has 10 heteroatoms. The molecule has 41 heavy (non-hydrogen) atoms. The molecule has 1 heterocycles. The molecule has 0 aromatic heterocycles. The minimum absolute atomic E-state index is 0.0354. The number of nitrogens with zero attached hydrogens (tertiary/aromatic N) is 2. The third kappa shape index (κ3) is 9.29. The molecule has 0 radical (unpaired) electrons. The number of alkyl carbamates (subject to hydrolysis) is 1. The van der Waals surface area contributed by atoms with Crippen LogP contribution in [0.15, 0.2) is 48.5 Å². The van der Waals surface area contributed by atoms with Gasteiger partial charge in [0, 0.05) is 18.2 Å². The molecule has 0 fully saturated rings. The molecule has 2 aromatic rings. The van der Waals surface area contributed by atoms with E-state index in [0.717, 1.165) is 5.56 Å². The van der Waals surface area contributed by atoms with Gasteiger partial charge < -0.3 is 24.6 Å². The standard InChI is InChI=1S/C31H37N3O6S/c1-6-39-28(36)16-21(2)33-20-27(35)34(19-23-10-8-7-9-11-23)26-15-13-22(17-25(26)29(33)37)12-14-24(41)18-32-30(38)40-31(3,4)5/h7-11,13,15,17,21,24,41H,6,16,18-20H2,1-5H3,(H,32,38). The average molecular weight is 580 g/mol. The van der Waals surface area contributed by atoms with Crippen LogP contribution in [0.2, 0.25) is 0 Å². The van der Waals surface area contributed by atoms with E-state index in [1.54, 1.807) is 57.7 Å². The zero-order chi connectivity index (χ0) is 30.2. The van der Waals surface area contributed by atoms with E-state index < -0.39 is 29.0 Å². The number of rotatable bonds is 8. The molecule has 3 rings (SSSR count). The molecule has 1 aliphatic heterocycles. The lowest BCUT2D eigenvalue weighted by molar-refractivity contribution is -0.144. The maximum Gasteiger partial charge on any atom is 0.407 e. The number of carbonyl (C=O) groups excluding carboxylic acids is 4. The first kappa shape index (κ1) is 31.6. The van der Waals surface area contributed by atoms with Crippen molar-refractivity contribution in [2.75, 3.05) is 24.6 Å². The molecule has 2 unspecified atom stereocenters. The highest BCUT2D eigenvalue weighted by Gasteiger charge is 2.35. The van der Waals surface area contributed by atoms with Gasteiger partial charge in [-0.05, 0) is 58.4 Å². The van der Waals surface area contributed by atoms with Crippen LogP contribution in [0.4, 0.5) is 10.5 Å². The summed E-state index contributed by atoms with van der Waals surface area (Å²) in [7, 11) is 0. The number of esters is 1. The summed E-state index contributed by atoms with van der Waals surface area (Å²) in [5, 5.41) is 2.14. The molecule has 9 nitrogen and oxygen atoms in total. The minimum atomic E-state index is -0.617. The molecule has 0 bridgehead atoms. The Hall–Kier alpha value is -3.97. The van der Waals surface area contributed by atoms with E-state index in [9.17, 15) is 19.2 Å². The number of hydrogen-bond acceptors (Lipinski definition) is 7. The lowest BCUT2D eigenvalue weighted by Crippen LogP contribution is -2.44. The van der Waals surface area contributed by atoms with Gasteiger partial charge in [0.1, 0.15) is 12.1 Å². The van der Waals surface area contributed by atoms with Crippen LogP contribution in [-0.2, 0) is 25.6 Å². The maximum absolute atomic E-state index is 13.8. The van der Waals surface area contributed by atoms with Gasteiger partial charge in [-0.3, -0.25) is 14.4 Å². The minimum Gasteiger partial charge on any atom is -0.466 e. The van der Waals surface area contributed by atoms with Crippen molar-refractivity contribution in [3.05, 3.63) is 65.2 Å². The third-order valence-corrected chi connectivity index (χ3v) is 6.40. The fourth-order valence-electron chi connectivity index (χ4n) is 4.19. The number of nitrogens with one attached hydrogen (secondary N) is 1. The van der Waals surface area contributed by atoms with Gasteiger partial charge in [-0.25, -0.2) is 4.79 Å². The average Bonchev–Trinajstić information content (AvgIpc) is 3.00. The zero-order valence-electron chi connectivity index (χ0n) is 24.1. The third-order valence-electron chi connectivity index (χ3n) is 6.09. The Balaban J connectivity index is 1.89. The first-order chi connectivity index (χ1) is 19.4. The number of hydrogen-bond donors (Lipinski definition) is 2. The lowest BCUT2D eigenvalue weighted by Gasteiger charge is -2.27. The van der Waals surface area contributed by atoms with Gasteiger partial charge in [-0.1, -0.05) is 42.2 Å². The second kappa shape index (κ2) is 14.1. The molecular weight excluding hydrogens is 542 g/mol. The van der Waals surface area contributed by atoms with E-state index in [2.05, 4.69) is 29.8 Å².